The summed E-state index contributed by atoms with van der Waals surface area (Å²) in [5.41, 5.74) is 8.32. The van der Waals surface area contributed by atoms with Gasteiger partial charge < -0.3 is 20.7 Å². The van der Waals surface area contributed by atoms with Crippen molar-refractivity contribution in [1.82, 2.24) is 15.1 Å². The summed E-state index contributed by atoms with van der Waals surface area (Å²) in [5.74, 6) is -0.509. The highest BCUT2D eigenvalue weighted by Gasteiger charge is 2.39. The second-order valence-electron chi connectivity index (χ2n) is 10.7. The highest BCUT2D eigenvalue weighted by atomic mass is 19.1. The Morgan fingerprint density at radius 2 is 1.74 bits per heavy atom. The van der Waals surface area contributed by atoms with Crippen LogP contribution in [-0.4, -0.2) is 72.6 Å². The molecular formula is C30H41FN4O3. The van der Waals surface area contributed by atoms with Gasteiger partial charge in [0.25, 0.3) is 0 Å². The number of likely N-dealkylation sites (tertiary alicyclic amines) is 1. The van der Waals surface area contributed by atoms with Gasteiger partial charge in [-0.05, 0) is 68.2 Å². The van der Waals surface area contributed by atoms with E-state index in [9.17, 15) is 14.0 Å². The van der Waals surface area contributed by atoms with Gasteiger partial charge in [-0.25, -0.2) is 4.39 Å². The first kappa shape index (κ1) is 28.2. The van der Waals surface area contributed by atoms with Crippen LogP contribution in [0.15, 0.2) is 54.6 Å². The quantitative estimate of drug-likeness (QED) is 0.498. The lowest BCUT2D eigenvalue weighted by Crippen LogP contribution is -2.59. The van der Waals surface area contributed by atoms with Crippen LogP contribution in [0.5, 0.6) is 0 Å². The van der Waals surface area contributed by atoms with Crippen LogP contribution in [0.4, 0.5) is 4.39 Å². The minimum Gasteiger partial charge on any atom is -0.375 e. The summed E-state index contributed by atoms with van der Waals surface area (Å²) < 4.78 is 18.7. The third-order valence-electron chi connectivity index (χ3n) is 7.93. The molecule has 4 rings (SSSR count). The molecule has 7 nitrogen and oxygen atoms in total. The maximum absolute atomic E-state index is 13.6. The molecule has 1 unspecified atom stereocenters. The fourth-order valence-electron chi connectivity index (χ4n) is 5.73. The second kappa shape index (κ2) is 13.8. The van der Waals surface area contributed by atoms with E-state index in [1.165, 1.54) is 24.8 Å². The molecule has 2 aliphatic rings. The van der Waals surface area contributed by atoms with Gasteiger partial charge >= 0.3 is 0 Å². The van der Waals surface area contributed by atoms with Gasteiger partial charge in [-0.2, -0.15) is 0 Å². The molecule has 0 spiro atoms. The number of piperidine rings is 1. The highest BCUT2D eigenvalue weighted by Crippen LogP contribution is 2.26. The van der Waals surface area contributed by atoms with Crippen molar-refractivity contribution in [2.24, 2.45) is 5.73 Å². The first-order chi connectivity index (χ1) is 18.4. The molecule has 1 saturated carbocycles. The van der Waals surface area contributed by atoms with Gasteiger partial charge in [0.15, 0.2) is 0 Å². The molecular weight excluding hydrogens is 483 g/mol. The number of methoxy groups -OCH3 is 1. The molecule has 1 heterocycles. The van der Waals surface area contributed by atoms with Gasteiger partial charge in [0.2, 0.25) is 11.8 Å². The van der Waals surface area contributed by atoms with Gasteiger partial charge in [-0.1, -0.05) is 42.5 Å². The third kappa shape index (κ3) is 7.85. The predicted octanol–water partition coefficient (Wildman–Crippen LogP) is 3.26. The van der Waals surface area contributed by atoms with Crippen LogP contribution >= 0.6 is 0 Å². The molecule has 2 fully saturated rings. The van der Waals surface area contributed by atoms with E-state index in [1.54, 1.807) is 4.90 Å². The predicted molar refractivity (Wildman–Crippen MR) is 146 cm³/mol. The first-order valence-corrected chi connectivity index (χ1v) is 13.8. The average molecular weight is 525 g/mol. The summed E-state index contributed by atoms with van der Waals surface area (Å²) in [6.07, 6.45) is 5.69. The molecule has 8 heteroatoms. The normalized spacial score (nSPS) is 23.8. The van der Waals surface area contributed by atoms with Gasteiger partial charge in [0.05, 0.1) is 0 Å². The number of carbonyl (C=O) groups excluding carboxylic acids is 2. The fourth-order valence-corrected chi connectivity index (χ4v) is 5.73. The maximum atomic E-state index is 13.6. The molecule has 2 atom stereocenters. The highest BCUT2D eigenvalue weighted by molar-refractivity contribution is 5.88. The largest absolute Gasteiger partial charge is 0.375 e. The van der Waals surface area contributed by atoms with Crippen molar-refractivity contribution in [2.75, 3.05) is 26.8 Å². The number of amides is 2. The van der Waals surface area contributed by atoms with Crippen molar-refractivity contribution in [3.63, 3.8) is 0 Å². The van der Waals surface area contributed by atoms with E-state index >= 15 is 0 Å². The van der Waals surface area contributed by atoms with E-state index in [-0.39, 0.29) is 42.4 Å². The molecule has 3 N–H and O–H groups in total. The average Bonchev–Trinajstić information content (AvgIpc) is 2.93. The van der Waals surface area contributed by atoms with E-state index in [2.05, 4.69) is 22.3 Å². The van der Waals surface area contributed by atoms with E-state index < -0.39 is 6.04 Å². The minimum atomic E-state index is -0.556. The van der Waals surface area contributed by atoms with Crippen LogP contribution in [0.2, 0.25) is 0 Å². The molecule has 1 saturated heterocycles. The number of nitrogens with two attached hydrogens (primary N) is 1. The Morgan fingerprint density at radius 3 is 2.42 bits per heavy atom. The SMILES string of the molecule is COCC(=O)N1CCC(N(CCc2ccccc2)Cc2ccc(F)cc2)C[C@@H]1C(=O)NC1CCC(N)CC1. The Balaban J connectivity index is 1.50. The molecule has 1 aliphatic heterocycles. The molecule has 2 amide bonds. The van der Waals surface area contributed by atoms with E-state index in [0.29, 0.717) is 19.5 Å². The standard InChI is InChI=1S/C30H41FN4O3/c1-38-21-29(36)35-18-16-27(19-28(35)30(37)33-26-13-11-25(32)12-14-26)34(17-15-22-5-3-2-4-6-22)20-23-7-9-24(31)10-8-23/h2-10,25-28H,11-21,32H2,1H3,(H,33,37)/t25?,26?,27?,28-/m1/s1. The molecule has 38 heavy (non-hydrogen) atoms. The summed E-state index contributed by atoms with van der Waals surface area (Å²) in [5, 5.41) is 3.22. The van der Waals surface area contributed by atoms with Crippen molar-refractivity contribution in [3.05, 3.63) is 71.5 Å². The lowest BCUT2D eigenvalue weighted by molar-refractivity contribution is -0.147. The molecule has 1 aliphatic carbocycles. The van der Waals surface area contributed by atoms with E-state index in [1.807, 2.05) is 30.3 Å². The van der Waals surface area contributed by atoms with Gasteiger partial charge in [-0.3, -0.25) is 14.5 Å². The summed E-state index contributed by atoms with van der Waals surface area (Å²) in [6.45, 7) is 1.90. The van der Waals surface area contributed by atoms with Crippen molar-refractivity contribution in [1.29, 1.82) is 0 Å². The molecule has 2 aromatic carbocycles. The zero-order valence-corrected chi connectivity index (χ0v) is 22.4. The number of nitrogens with zero attached hydrogens (tertiary/aromatic N) is 2. The maximum Gasteiger partial charge on any atom is 0.249 e. The molecule has 0 aromatic heterocycles. The minimum absolute atomic E-state index is 0.0416. The number of rotatable bonds is 10. The van der Waals surface area contributed by atoms with Crippen LogP contribution in [0, 0.1) is 5.82 Å². The zero-order valence-electron chi connectivity index (χ0n) is 22.4. The van der Waals surface area contributed by atoms with Crippen LogP contribution in [0.1, 0.15) is 49.7 Å². The van der Waals surface area contributed by atoms with Crippen molar-refractivity contribution in [3.8, 4) is 0 Å². The third-order valence-corrected chi connectivity index (χ3v) is 7.93. The Labute approximate surface area is 225 Å². The number of carbonyl (C=O) groups is 2. The first-order valence-electron chi connectivity index (χ1n) is 13.8. The molecule has 2 aromatic rings. The van der Waals surface area contributed by atoms with E-state index in [0.717, 1.165) is 50.6 Å². The summed E-state index contributed by atoms with van der Waals surface area (Å²) >= 11 is 0. The van der Waals surface area contributed by atoms with Gasteiger partial charge in [0, 0.05) is 44.9 Å². The Hall–Kier alpha value is -2.81. The van der Waals surface area contributed by atoms with Crippen LogP contribution in [0.25, 0.3) is 0 Å². The Bertz CT molecular complexity index is 1030. The van der Waals surface area contributed by atoms with E-state index in [4.69, 9.17) is 10.5 Å². The van der Waals surface area contributed by atoms with Crippen LogP contribution in [-0.2, 0) is 27.3 Å². The van der Waals surface area contributed by atoms with Crippen LogP contribution < -0.4 is 11.1 Å². The monoisotopic (exact) mass is 524 g/mol. The number of benzene rings is 2. The fraction of sp³-hybridized carbons (Fsp3) is 0.533. The van der Waals surface area contributed by atoms with Crippen LogP contribution in [0.3, 0.4) is 0 Å². The molecule has 0 radical (unpaired) electrons. The van der Waals surface area contributed by atoms with Crippen molar-refractivity contribution in [2.45, 2.75) is 75.7 Å². The lowest BCUT2D eigenvalue weighted by atomic mass is 9.90. The van der Waals surface area contributed by atoms with Gasteiger partial charge in [-0.15, -0.1) is 0 Å². The molecule has 206 valence electrons. The lowest BCUT2D eigenvalue weighted by Gasteiger charge is -2.43. The topological polar surface area (TPSA) is 87.9 Å². The van der Waals surface area contributed by atoms with Crippen molar-refractivity contribution >= 4 is 11.8 Å². The Kier molecular flexibility index (Phi) is 10.3. The number of ether oxygens (including phenoxy) is 1. The number of halogens is 1. The number of hydrogen-bond acceptors (Lipinski definition) is 5. The summed E-state index contributed by atoms with van der Waals surface area (Å²) in [6, 6.07) is 16.8. The van der Waals surface area contributed by atoms with Gasteiger partial charge in [0.1, 0.15) is 18.5 Å². The smallest absolute Gasteiger partial charge is 0.249 e. The zero-order chi connectivity index (χ0) is 26.9. The number of nitrogens with one attached hydrogen (secondary N) is 1. The van der Waals surface area contributed by atoms with Crippen molar-refractivity contribution < 1.29 is 18.7 Å². The number of hydrogen-bond donors (Lipinski definition) is 2. The summed E-state index contributed by atoms with van der Waals surface area (Å²) in [4.78, 5) is 30.6. The summed E-state index contributed by atoms with van der Waals surface area (Å²) in [7, 11) is 1.50. The second-order valence-corrected chi connectivity index (χ2v) is 10.7. The molecule has 0 bridgehead atoms. The Morgan fingerprint density at radius 1 is 1.03 bits per heavy atom.